The molecule has 15 heavy (non-hydrogen) atoms. The SMILES string of the molecule is CC(C)c1cnoc1-c1ccc(F)cc1. The van der Waals surface area contributed by atoms with E-state index < -0.39 is 0 Å². The van der Waals surface area contributed by atoms with Crippen LogP contribution in [0.3, 0.4) is 0 Å². The van der Waals surface area contributed by atoms with Crippen LogP contribution in [-0.2, 0) is 0 Å². The lowest BCUT2D eigenvalue weighted by Gasteiger charge is -2.03. The van der Waals surface area contributed by atoms with Crippen molar-refractivity contribution in [3.05, 3.63) is 41.8 Å². The third kappa shape index (κ3) is 1.91. The first-order valence-corrected chi connectivity index (χ1v) is 4.89. The van der Waals surface area contributed by atoms with Gasteiger partial charge in [-0.1, -0.05) is 19.0 Å². The first-order valence-electron chi connectivity index (χ1n) is 4.89. The lowest BCUT2D eigenvalue weighted by molar-refractivity contribution is 0.431. The van der Waals surface area contributed by atoms with Crippen molar-refractivity contribution < 1.29 is 8.91 Å². The number of hydrogen-bond donors (Lipinski definition) is 0. The van der Waals surface area contributed by atoms with Crippen LogP contribution in [-0.4, -0.2) is 5.16 Å². The molecule has 2 nitrogen and oxygen atoms in total. The molecule has 0 saturated heterocycles. The number of halogens is 1. The predicted octanol–water partition coefficient (Wildman–Crippen LogP) is 3.60. The second kappa shape index (κ2) is 3.85. The molecule has 0 N–H and O–H groups in total. The van der Waals surface area contributed by atoms with Crippen molar-refractivity contribution in [1.29, 1.82) is 0 Å². The van der Waals surface area contributed by atoms with Gasteiger partial charge in [0.1, 0.15) is 5.82 Å². The zero-order valence-corrected chi connectivity index (χ0v) is 8.70. The van der Waals surface area contributed by atoms with Gasteiger partial charge in [-0.15, -0.1) is 0 Å². The van der Waals surface area contributed by atoms with Gasteiger partial charge in [0.05, 0.1) is 6.20 Å². The molecule has 0 aliphatic rings. The highest BCUT2D eigenvalue weighted by Gasteiger charge is 2.13. The molecule has 0 fully saturated rings. The fraction of sp³-hybridized carbons (Fsp3) is 0.250. The van der Waals surface area contributed by atoms with Crippen LogP contribution in [0.4, 0.5) is 4.39 Å². The maximum atomic E-state index is 12.7. The molecule has 1 aromatic carbocycles. The van der Waals surface area contributed by atoms with Gasteiger partial charge >= 0.3 is 0 Å². The molecular formula is C12H12FNO. The molecule has 0 saturated carbocycles. The highest BCUT2D eigenvalue weighted by Crippen LogP contribution is 2.28. The topological polar surface area (TPSA) is 26.0 Å². The van der Waals surface area contributed by atoms with E-state index in [2.05, 4.69) is 19.0 Å². The van der Waals surface area contributed by atoms with E-state index in [4.69, 9.17) is 4.52 Å². The Kier molecular flexibility index (Phi) is 2.54. The second-order valence-electron chi connectivity index (χ2n) is 3.77. The summed E-state index contributed by atoms with van der Waals surface area (Å²) in [6.45, 7) is 4.14. The predicted molar refractivity (Wildman–Crippen MR) is 56.0 cm³/mol. The summed E-state index contributed by atoms with van der Waals surface area (Å²) in [6, 6.07) is 6.23. The normalized spacial score (nSPS) is 10.9. The van der Waals surface area contributed by atoms with Gasteiger partial charge in [-0.3, -0.25) is 0 Å². The van der Waals surface area contributed by atoms with Crippen LogP contribution in [0, 0.1) is 5.82 Å². The highest BCUT2D eigenvalue weighted by molar-refractivity contribution is 5.61. The summed E-state index contributed by atoms with van der Waals surface area (Å²) in [7, 11) is 0. The molecule has 0 aliphatic heterocycles. The first kappa shape index (κ1) is 9.90. The zero-order chi connectivity index (χ0) is 10.8. The Morgan fingerprint density at radius 1 is 1.20 bits per heavy atom. The van der Waals surface area contributed by atoms with Crippen LogP contribution in [0.25, 0.3) is 11.3 Å². The number of hydrogen-bond acceptors (Lipinski definition) is 2. The van der Waals surface area contributed by atoms with Crippen LogP contribution in [0.15, 0.2) is 35.0 Å². The van der Waals surface area contributed by atoms with Crippen LogP contribution in [0.5, 0.6) is 0 Å². The molecule has 2 aromatic rings. The van der Waals surface area contributed by atoms with E-state index in [1.54, 1.807) is 18.3 Å². The van der Waals surface area contributed by atoms with Crippen molar-refractivity contribution in [3.8, 4) is 11.3 Å². The maximum absolute atomic E-state index is 12.7. The summed E-state index contributed by atoms with van der Waals surface area (Å²) in [5.41, 5.74) is 1.90. The molecule has 0 atom stereocenters. The Hall–Kier alpha value is -1.64. The van der Waals surface area contributed by atoms with Gasteiger partial charge in [0.15, 0.2) is 5.76 Å². The Balaban J connectivity index is 2.45. The van der Waals surface area contributed by atoms with Crippen molar-refractivity contribution in [3.63, 3.8) is 0 Å². The standard InChI is InChI=1S/C12H12FNO/c1-8(2)11-7-14-15-12(11)9-3-5-10(13)6-4-9/h3-8H,1-2H3. The quantitative estimate of drug-likeness (QED) is 0.748. The molecule has 0 aliphatic carbocycles. The minimum absolute atomic E-state index is 0.246. The second-order valence-corrected chi connectivity index (χ2v) is 3.77. The summed E-state index contributed by atoms with van der Waals surface area (Å²) in [5, 5.41) is 3.77. The molecule has 0 unspecified atom stereocenters. The first-order chi connectivity index (χ1) is 7.18. The van der Waals surface area contributed by atoms with Gasteiger partial charge in [0, 0.05) is 11.1 Å². The van der Waals surface area contributed by atoms with E-state index in [1.807, 2.05) is 0 Å². The molecule has 1 aromatic heterocycles. The molecule has 2 rings (SSSR count). The average Bonchev–Trinajstić information content (AvgIpc) is 2.67. The minimum Gasteiger partial charge on any atom is -0.356 e. The molecule has 0 radical (unpaired) electrons. The van der Waals surface area contributed by atoms with Crippen molar-refractivity contribution >= 4 is 0 Å². The fourth-order valence-corrected chi connectivity index (χ4v) is 1.48. The third-order valence-corrected chi connectivity index (χ3v) is 2.33. The van der Waals surface area contributed by atoms with Crippen LogP contribution in [0.1, 0.15) is 25.3 Å². The van der Waals surface area contributed by atoms with Gasteiger partial charge in [0.2, 0.25) is 0 Å². The van der Waals surface area contributed by atoms with Gasteiger partial charge in [0.25, 0.3) is 0 Å². The monoisotopic (exact) mass is 205 g/mol. The van der Waals surface area contributed by atoms with Crippen LogP contribution in [0.2, 0.25) is 0 Å². The lowest BCUT2D eigenvalue weighted by Crippen LogP contribution is -1.87. The molecule has 0 amide bonds. The summed E-state index contributed by atoms with van der Waals surface area (Å²) >= 11 is 0. The zero-order valence-electron chi connectivity index (χ0n) is 8.70. The molecule has 1 heterocycles. The van der Waals surface area contributed by atoms with Gasteiger partial charge in [-0.2, -0.15) is 0 Å². The smallest absolute Gasteiger partial charge is 0.170 e. The highest BCUT2D eigenvalue weighted by atomic mass is 19.1. The Morgan fingerprint density at radius 3 is 2.47 bits per heavy atom. The largest absolute Gasteiger partial charge is 0.356 e. The van der Waals surface area contributed by atoms with Crippen molar-refractivity contribution in [1.82, 2.24) is 5.16 Å². The summed E-state index contributed by atoms with van der Waals surface area (Å²) < 4.78 is 17.9. The lowest BCUT2D eigenvalue weighted by atomic mass is 10.0. The van der Waals surface area contributed by atoms with Gasteiger partial charge < -0.3 is 4.52 Å². The summed E-state index contributed by atoms with van der Waals surface area (Å²) in [4.78, 5) is 0. The van der Waals surface area contributed by atoms with Crippen molar-refractivity contribution in [2.75, 3.05) is 0 Å². The van der Waals surface area contributed by atoms with Crippen molar-refractivity contribution in [2.24, 2.45) is 0 Å². The number of benzene rings is 1. The Bertz CT molecular complexity index is 445. The average molecular weight is 205 g/mol. The molecule has 3 heteroatoms. The third-order valence-electron chi connectivity index (χ3n) is 2.33. The molecule has 78 valence electrons. The minimum atomic E-state index is -0.246. The fourth-order valence-electron chi connectivity index (χ4n) is 1.48. The van der Waals surface area contributed by atoms with Gasteiger partial charge in [-0.25, -0.2) is 4.39 Å². The number of aromatic nitrogens is 1. The number of nitrogens with zero attached hydrogens (tertiary/aromatic N) is 1. The maximum Gasteiger partial charge on any atom is 0.170 e. The van der Waals surface area contributed by atoms with Crippen molar-refractivity contribution in [2.45, 2.75) is 19.8 Å². The van der Waals surface area contributed by atoms with E-state index in [-0.39, 0.29) is 5.82 Å². The van der Waals surface area contributed by atoms with Crippen LogP contribution >= 0.6 is 0 Å². The molecular weight excluding hydrogens is 193 g/mol. The van der Waals surface area contributed by atoms with Gasteiger partial charge in [-0.05, 0) is 30.2 Å². The number of rotatable bonds is 2. The molecule has 0 bridgehead atoms. The van der Waals surface area contributed by atoms with E-state index in [9.17, 15) is 4.39 Å². The van der Waals surface area contributed by atoms with E-state index in [0.717, 1.165) is 16.9 Å². The Labute approximate surface area is 87.7 Å². The van der Waals surface area contributed by atoms with E-state index in [0.29, 0.717) is 5.92 Å². The Morgan fingerprint density at radius 2 is 1.87 bits per heavy atom. The summed E-state index contributed by atoms with van der Waals surface area (Å²) in [6.07, 6.45) is 1.71. The molecule has 0 spiro atoms. The van der Waals surface area contributed by atoms with Crippen LogP contribution < -0.4 is 0 Å². The van der Waals surface area contributed by atoms with E-state index in [1.165, 1.54) is 12.1 Å². The summed E-state index contributed by atoms with van der Waals surface area (Å²) in [5.74, 6) is 0.825. The van der Waals surface area contributed by atoms with E-state index >= 15 is 0 Å².